The van der Waals surface area contributed by atoms with Gasteiger partial charge in [0.1, 0.15) is 0 Å². The van der Waals surface area contributed by atoms with Gasteiger partial charge in [-0.2, -0.15) is 5.10 Å². The molecule has 1 amide bonds. The number of amides is 1. The van der Waals surface area contributed by atoms with Crippen LogP contribution in [0.25, 0.3) is 0 Å². The Morgan fingerprint density at radius 3 is 2.14 bits per heavy atom. The predicted octanol–water partition coefficient (Wildman–Crippen LogP) is 3.35. The van der Waals surface area contributed by atoms with E-state index in [1.807, 2.05) is 55.5 Å². The zero-order chi connectivity index (χ0) is 14.9. The Kier molecular flexibility index (Phi) is 5.71. The van der Waals surface area contributed by atoms with Gasteiger partial charge in [0.2, 0.25) is 5.91 Å². The maximum Gasteiger partial charge on any atom is 0.240 e. The molecule has 0 atom stereocenters. The molecule has 3 heteroatoms. The molecule has 0 fully saturated rings. The van der Waals surface area contributed by atoms with E-state index in [0.717, 1.165) is 24.1 Å². The SMILES string of the molecule is CC(Cc1ccccc1)=NNC(=O)CCc1ccccc1. The number of hydrogen-bond acceptors (Lipinski definition) is 2. The Morgan fingerprint density at radius 1 is 0.952 bits per heavy atom. The van der Waals surface area contributed by atoms with E-state index in [-0.39, 0.29) is 5.91 Å². The fourth-order valence-electron chi connectivity index (χ4n) is 2.05. The number of carbonyl (C=O) groups excluding carboxylic acids is 1. The van der Waals surface area contributed by atoms with E-state index >= 15 is 0 Å². The molecule has 0 heterocycles. The normalized spacial score (nSPS) is 11.2. The molecule has 0 aromatic heterocycles. The van der Waals surface area contributed by atoms with Crippen LogP contribution in [-0.4, -0.2) is 11.6 Å². The zero-order valence-corrected chi connectivity index (χ0v) is 12.3. The molecule has 108 valence electrons. The largest absolute Gasteiger partial charge is 0.273 e. The first-order valence-electron chi connectivity index (χ1n) is 7.14. The highest BCUT2D eigenvalue weighted by Gasteiger charge is 2.01. The molecule has 21 heavy (non-hydrogen) atoms. The Labute approximate surface area is 125 Å². The van der Waals surface area contributed by atoms with E-state index in [1.54, 1.807) is 0 Å². The van der Waals surface area contributed by atoms with Gasteiger partial charge in [-0.15, -0.1) is 0 Å². The minimum atomic E-state index is -0.0498. The first-order valence-corrected chi connectivity index (χ1v) is 7.14. The molecule has 0 aliphatic rings. The molecule has 0 aliphatic carbocycles. The van der Waals surface area contributed by atoms with Crippen LogP contribution < -0.4 is 5.43 Å². The summed E-state index contributed by atoms with van der Waals surface area (Å²) in [6, 6.07) is 20.1. The summed E-state index contributed by atoms with van der Waals surface area (Å²) in [6.45, 7) is 1.92. The van der Waals surface area contributed by atoms with E-state index < -0.39 is 0 Å². The van der Waals surface area contributed by atoms with Gasteiger partial charge in [-0.25, -0.2) is 5.43 Å². The number of carbonyl (C=O) groups is 1. The topological polar surface area (TPSA) is 41.5 Å². The molecular formula is C18H20N2O. The highest BCUT2D eigenvalue weighted by atomic mass is 16.2. The van der Waals surface area contributed by atoms with Gasteiger partial charge in [0.15, 0.2) is 0 Å². The van der Waals surface area contributed by atoms with E-state index in [4.69, 9.17) is 0 Å². The Bertz CT molecular complexity index is 591. The molecule has 0 aliphatic heterocycles. The van der Waals surface area contributed by atoms with Crippen LogP contribution in [0.1, 0.15) is 24.5 Å². The summed E-state index contributed by atoms with van der Waals surface area (Å²) in [6.07, 6.45) is 1.94. The third-order valence-corrected chi connectivity index (χ3v) is 3.16. The van der Waals surface area contributed by atoms with Gasteiger partial charge in [-0.05, 0) is 24.5 Å². The molecule has 1 N–H and O–H groups in total. The lowest BCUT2D eigenvalue weighted by atomic mass is 10.1. The number of nitrogens with one attached hydrogen (secondary N) is 1. The standard InChI is InChI=1S/C18H20N2O/c1-15(14-17-10-6-3-7-11-17)19-20-18(21)13-12-16-8-4-2-5-9-16/h2-11H,12-14H2,1H3,(H,20,21). The Morgan fingerprint density at radius 2 is 1.52 bits per heavy atom. The third-order valence-electron chi connectivity index (χ3n) is 3.16. The summed E-state index contributed by atoms with van der Waals surface area (Å²) in [4.78, 5) is 11.8. The van der Waals surface area contributed by atoms with E-state index in [0.29, 0.717) is 6.42 Å². The molecule has 2 aromatic carbocycles. The highest BCUT2D eigenvalue weighted by molar-refractivity contribution is 5.86. The molecule has 2 aromatic rings. The van der Waals surface area contributed by atoms with Crippen LogP contribution in [0.15, 0.2) is 65.8 Å². The smallest absolute Gasteiger partial charge is 0.240 e. The molecule has 0 spiro atoms. The van der Waals surface area contributed by atoms with Crippen LogP contribution >= 0.6 is 0 Å². The Balaban J connectivity index is 1.76. The lowest BCUT2D eigenvalue weighted by Gasteiger charge is -2.03. The van der Waals surface area contributed by atoms with Gasteiger partial charge < -0.3 is 0 Å². The summed E-state index contributed by atoms with van der Waals surface area (Å²) < 4.78 is 0. The molecule has 0 unspecified atom stereocenters. The van der Waals surface area contributed by atoms with E-state index in [2.05, 4.69) is 22.7 Å². The number of aryl methyl sites for hydroxylation is 1. The lowest BCUT2D eigenvalue weighted by Crippen LogP contribution is -2.19. The summed E-state index contributed by atoms with van der Waals surface area (Å²) in [5.74, 6) is -0.0498. The van der Waals surface area contributed by atoms with Crippen molar-refractivity contribution in [2.24, 2.45) is 5.10 Å². The molecule has 0 bridgehead atoms. The molecule has 3 nitrogen and oxygen atoms in total. The first-order chi connectivity index (χ1) is 10.2. The van der Waals surface area contributed by atoms with Crippen LogP contribution in [0, 0.1) is 0 Å². The summed E-state index contributed by atoms with van der Waals surface area (Å²) in [7, 11) is 0. The number of benzene rings is 2. The second kappa shape index (κ2) is 8.00. The van der Waals surface area contributed by atoms with Crippen molar-refractivity contribution in [3.8, 4) is 0 Å². The maximum atomic E-state index is 11.8. The van der Waals surface area contributed by atoms with Crippen LogP contribution in [0.5, 0.6) is 0 Å². The minimum Gasteiger partial charge on any atom is -0.273 e. The van der Waals surface area contributed by atoms with Crippen molar-refractivity contribution in [3.63, 3.8) is 0 Å². The van der Waals surface area contributed by atoms with Crippen LogP contribution in [0.3, 0.4) is 0 Å². The molecule has 2 rings (SSSR count). The van der Waals surface area contributed by atoms with Crippen molar-refractivity contribution < 1.29 is 4.79 Å². The first kappa shape index (κ1) is 15.0. The summed E-state index contributed by atoms with van der Waals surface area (Å²) in [5, 5.41) is 4.15. The van der Waals surface area contributed by atoms with Crippen LogP contribution in [-0.2, 0) is 17.6 Å². The number of hydrogen-bond donors (Lipinski definition) is 1. The average molecular weight is 280 g/mol. The van der Waals surface area contributed by atoms with Gasteiger partial charge in [0.25, 0.3) is 0 Å². The second-order valence-corrected chi connectivity index (χ2v) is 5.03. The van der Waals surface area contributed by atoms with Gasteiger partial charge >= 0.3 is 0 Å². The minimum absolute atomic E-state index is 0.0498. The fourth-order valence-corrected chi connectivity index (χ4v) is 2.05. The summed E-state index contributed by atoms with van der Waals surface area (Å²) >= 11 is 0. The maximum absolute atomic E-state index is 11.8. The number of nitrogens with zero attached hydrogens (tertiary/aromatic N) is 1. The average Bonchev–Trinajstić information content (AvgIpc) is 2.53. The van der Waals surface area contributed by atoms with Crippen LogP contribution in [0.4, 0.5) is 0 Å². The second-order valence-electron chi connectivity index (χ2n) is 5.03. The van der Waals surface area contributed by atoms with Crippen molar-refractivity contribution in [3.05, 3.63) is 71.8 Å². The lowest BCUT2D eigenvalue weighted by molar-refractivity contribution is -0.121. The predicted molar refractivity (Wildman–Crippen MR) is 86.2 cm³/mol. The van der Waals surface area contributed by atoms with Crippen molar-refractivity contribution in [2.75, 3.05) is 0 Å². The number of rotatable bonds is 6. The van der Waals surface area contributed by atoms with Crippen molar-refractivity contribution in [1.82, 2.24) is 5.43 Å². The van der Waals surface area contributed by atoms with Gasteiger partial charge in [0.05, 0.1) is 0 Å². The van der Waals surface area contributed by atoms with Crippen molar-refractivity contribution in [1.29, 1.82) is 0 Å². The van der Waals surface area contributed by atoms with Crippen LogP contribution in [0.2, 0.25) is 0 Å². The molecular weight excluding hydrogens is 260 g/mol. The van der Waals surface area contributed by atoms with Crippen molar-refractivity contribution >= 4 is 11.6 Å². The molecule has 0 saturated carbocycles. The summed E-state index contributed by atoms with van der Waals surface area (Å²) in [5.41, 5.74) is 5.88. The monoisotopic (exact) mass is 280 g/mol. The van der Waals surface area contributed by atoms with E-state index in [9.17, 15) is 4.79 Å². The quantitative estimate of drug-likeness (QED) is 0.640. The Hall–Kier alpha value is -2.42. The third kappa shape index (κ3) is 5.61. The molecule has 0 saturated heterocycles. The van der Waals surface area contributed by atoms with Gasteiger partial charge in [-0.1, -0.05) is 60.7 Å². The van der Waals surface area contributed by atoms with Crippen molar-refractivity contribution in [2.45, 2.75) is 26.2 Å². The number of hydrazone groups is 1. The van der Waals surface area contributed by atoms with E-state index in [1.165, 1.54) is 5.56 Å². The fraction of sp³-hybridized carbons (Fsp3) is 0.222. The van der Waals surface area contributed by atoms with Gasteiger partial charge in [0, 0.05) is 18.6 Å². The zero-order valence-electron chi connectivity index (χ0n) is 12.3. The highest BCUT2D eigenvalue weighted by Crippen LogP contribution is 2.03. The molecule has 0 radical (unpaired) electrons. The van der Waals surface area contributed by atoms with Gasteiger partial charge in [-0.3, -0.25) is 4.79 Å².